The van der Waals surface area contributed by atoms with E-state index in [4.69, 9.17) is 37.4 Å². The fourth-order valence-corrected chi connectivity index (χ4v) is 7.26. The number of rotatable bonds is 8. The Labute approximate surface area is 246 Å². The zero-order valence-electron chi connectivity index (χ0n) is 22.1. The van der Waals surface area contributed by atoms with Crippen LogP contribution in [0.15, 0.2) is 41.6 Å². The molecule has 1 N–H and O–H groups in total. The van der Waals surface area contributed by atoms with Crippen molar-refractivity contribution in [1.82, 2.24) is 24.5 Å². The number of anilines is 1. The Morgan fingerprint density at radius 2 is 1.73 bits per heavy atom. The quantitative estimate of drug-likeness (QED) is 0.222. The number of carbonyl (C=O) groups excluding carboxylic acids is 2. The van der Waals surface area contributed by atoms with E-state index in [0.717, 1.165) is 0 Å². The molecule has 3 aromatic rings. The molecule has 0 unspecified atom stereocenters. The highest BCUT2D eigenvalue weighted by atomic mass is 35.5. The number of alkyl halides is 1. The van der Waals surface area contributed by atoms with Gasteiger partial charge in [-0.15, -0.1) is 11.6 Å². The van der Waals surface area contributed by atoms with Crippen molar-refractivity contribution in [2.75, 3.05) is 24.4 Å². The number of nitrogens with one attached hydrogen (secondary N) is 1. The number of aromatic nitrogens is 4. The first-order chi connectivity index (χ1) is 19.6. The normalized spacial score (nSPS) is 23.9. The van der Waals surface area contributed by atoms with Gasteiger partial charge in [0, 0.05) is 26.9 Å². The van der Waals surface area contributed by atoms with Crippen LogP contribution in [0.5, 0.6) is 0 Å². The summed E-state index contributed by atoms with van der Waals surface area (Å²) in [6, 6.07) is 8.43. The number of carbonyl (C=O) groups is 2. The number of hydrazine groups is 1. The largest absolute Gasteiger partial charge is 0.456 e. The highest BCUT2D eigenvalue weighted by Gasteiger charge is 2.50. The van der Waals surface area contributed by atoms with Gasteiger partial charge in [0.05, 0.1) is 22.4 Å². The van der Waals surface area contributed by atoms with Gasteiger partial charge in [0.15, 0.2) is 45.3 Å². The summed E-state index contributed by atoms with van der Waals surface area (Å²) in [6.45, 7) is 3.34. The van der Waals surface area contributed by atoms with Crippen LogP contribution in [0.3, 0.4) is 0 Å². The molecule has 220 valence electrons. The maximum atomic E-state index is 13.1. The van der Waals surface area contributed by atoms with E-state index in [1.807, 2.05) is 5.01 Å². The molecular weight excluding hydrogens is 599 g/mol. The van der Waals surface area contributed by atoms with Crippen molar-refractivity contribution in [3.05, 3.63) is 41.9 Å². The molecule has 41 heavy (non-hydrogen) atoms. The Bertz CT molecular complexity index is 1530. The third-order valence-corrected chi connectivity index (χ3v) is 9.68. The Morgan fingerprint density at radius 1 is 1.07 bits per heavy atom. The van der Waals surface area contributed by atoms with Crippen LogP contribution in [-0.4, -0.2) is 87.4 Å². The number of hydrogen-bond acceptors (Lipinski definition) is 12. The number of sulfone groups is 1. The van der Waals surface area contributed by atoms with Crippen LogP contribution in [0.1, 0.15) is 32.9 Å². The second kappa shape index (κ2) is 12.1. The lowest BCUT2D eigenvalue weighted by molar-refractivity contribution is -0.165. The minimum Gasteiger partial charge on any atom is -0.456 e. The summed E-state index contributed by atoms with van der Waals surface area (Å²) in [5, 5.41) is 1.26. The number of ether oxygens (including phenoxy) is 3. The van der Waals surface area contributed by atoms with Crippen LogP contribution in [0.25, 0.3) is 11.2 Å². The zero-order chi connectivity index (χ0) is 29.3. The molecule has 2 aliphatic rings. The molecule has 16 heteroatoms. The molecule has 0 amide bonds. The van der Waals surface area contributed by atoms with Crippen LogP contribution in [0, 0.1) is 0 Å². The summed E-state index contributed by atoms with van der Waals surface area (Å²) in [5.41, 5.74) is 3.80. The van der Waals surface area contributed by atoms with E-state index >= 15 is 0 Å². The summed E-state index contributed by atoms with van der Waals surface area (Å²) < 4.78 is 44.6. The summed E-state index contributed by atoms with van der Waals surface area (Å²) in [4.78, 5) is 37.1. The molecule has 1 aromatic carbocycles. The minimum absolute atomic E-state index is 0.0304. The van der Waals surface area contributed by atoms with E-state index in [1.165, 1.54) is 24.7 Å². The summed E-state index contributed by atoms with van der Waals surface area (Å²) in [5.74, 6) is -0.917. The van der Waals surface area contributed by atoms with Crippen molar-refractivity contribution in [2.24, 2.45) is 0 Å². The fraction of sp³-hybridized carbons (Fsp3) is 0.480. The summed E-state index contributed by atoms with van der Waals surface area (Å²) in [6.07, 6.45) is -1.48. The van der Waals surface area contributed by atoms with E-state index in [1.54, 1.807) is 30.3 Å². The summed E-state index contributed by atoms with van der Waals surface area (Å²) >= 11 is 12.4. The topological polar surface area (TPSA) is 155 Å². The molecule has 0 aliphatic carbocycles. The number of nitrogens with zero attached hydrogens (tertiary/aromatic N) is 5. The van der Waals surface area contributed by atoms with Gasteiger partial charge >= 0.3 is 11.9 Å². The van der Waals surface area contributed by atoms with Crippen molar-refractivity contribution in [2.45, 2.75) is 61.4 Å². The molecule has 2 saturated heterocycles. The lowest BCUT2D eigenvalue weighted by Gasteiger charge is -2.32. The minimum atomic E-state index is -3.45. The van der Waals surface area contributed by atoms with Crippen molar-refractivity contribution >= 4 is 62.0 Å². The number of esters is 2. The maximum Gasteiger partial charge on any atom is 0.303 e. The third-order valence-electron chi connectivity index (χ3n) is 6.93. The smallest absolute Gasteiger partial charge is 0.303 e. The molecule has 2 aromatic heterocycles. The highest BCUT2D eigenvalue weighted by molar-refractivity contribution is 7.92. The van der Waals surface area contributed by atoms with Gasteiger partial charge < -0.3 is 19.6 Å². The van der Waals surface area contributed by atoms with Gasteiger partial charge in [-0.3, -0.25) is 14.2 Å². The van der Waals surface area contributed by atoms with Gasteiger partial charge in [0.1, 0.15) is 6.10 Å². The first-order valence-corrected chi connectivity index (χ1v) is 15.3. The predicted molar refractivity (Wildman–Crippen MR) is 148 cm³/mol. The van der Waals surface area contributed by atoms with Gasteiger partial charge in [0.2, 0.25) is 5.28 Å². The van der Waals surface area contributed by atoms with Crippen LogP contribution >= 0.6 is 23.2 Å². The van der Waals surface area contributed by atoms with Crippen molar-refractivity contribution in [3.8, 4) is 0 Å². The average molecular weight is 628 g/mol. The first-order valence-electron chi connectivity index (χ1n) is 12.8. The van der Waals surface area contributed by atoms with Crippen LogP contribution < -0.4 is 5.43 Å². The number of imidazole rings is 1. The van der Waals surface area contributed by atoms with E-state index < -0.39 is 51.6 Å². The van der Waals surface area contributed by atoms with E-state index in [-0.39, 0.29) is 16.8 Å². The lowest BCUT2D eigenvalue weighted by atomic mass is 10.1. The molecule has 0 radical (unpaired) electrons. The number of halogens is 2. The third kappa shape index (κ3) is 6.11. The molecule has 13 nitrogen and oxygen atoms in total. The van der Waals surface area contributed by atoms with Crippen LogP contribution in [0.4, 0.5) is 5.82 Å². The molecule has 4 atom stereocenters. The van der Waals surface area contributed by atoms with Gasteiger partial charge in [-0.05, 0) is 36.6 Å². The second-order valence-electron chi connectivity index (χ2n) is 9.69. The standard InChI is InChI=1S/C25H28Cl2N6O7S/c1-14(34)38-20-18(12-26)40-24(21(20)39-15(2)35)33-13-28-19-22(29-25(27)30-23(19)33)31-32-10-8-17(9-11-32)41(36,37)16-6-4-3-5-7-16/h3-7,13,17-18,20-21,24H,8-12H2,1-2H3,(H,29,30,31)/t18-,20-,21-,24-/m1/s1. The lowest BCUT2D eigenvalue weighted by Crippen LogP contribution is -2.42. The van der Waals surface area contributed by atoms with Crippen molar-refractivity contribution in [1.29, 1.82) is 0 Å². The second-order valence-corrected chi connectivity index (χ2v) is 12.6. The van der Waals surface area contributed by atoms with Gasteiger partial charge in [-0.1, -0.05) is 18.2 Å². The van der Waals surface area contributed by atoms with E-state index in [9.17, 15) is 18.0 Å². The average Bonchev–Trinajstić information content (AvgIpc) is 3.50. The number of hydrogen-bond donors (Lipinski definition) is 1. The van der Waals surface area contributed by atoms with Crippen LogP contribution in [-0.2, 0) is 33.6 Å². The maximum absolute atomic E-state index is 13.1. The SMILES string of the molecule is CC(=O)O[C@@H]1[C@H](OC(C)=O)[C@@H](CCl)O[C@H]1n1cnc2c(NN3CCC(S(=O)(=O)c4ccccc4)CC3)nc(Cl)nc21. The van der Waals surface area contributed by atoms with Crippen LogP contribution in [0.2, 0.25) is 5.28 Å². The molecule has 4 heterocycles. The molecule has 2 fully saturated rings. The predicted octanol–water partition coefficient (Wildman–Crippen LogP) is 2.74. The van der Waals surface area contributed by atoms with Gasteiger partial charge in [-0.2, -0.15) is 9.97 Å². The number of piperidine rings is 1. The monoisotopic (exact) mass is 626 g/mol. The Hall–Kier alpha value is -3.04. The zero-order valence-corrected chi connectivity index (χ0v) is 24.5. The van der Waals surface area contributed by atoms with Crippen molar-refractivity contribution in [3.63, 3.8) is 0 Å². The number of benzene rings is 1. The summed E-state index contributed by atoms with van der Waals surface area (Å²) in [7, 11) is -3.45. The highest BCUT2D eigenvalue weighted by Crippen LogP contribution is 2.37. The van der Waals surface area contributed by atoms with E-state index in [2.05, 4.69) is 20.4 Å². The van der Waals surface area contributed by atoms with Gasteiger partial charge in [-0.25, -0.2) is 18.4 Å². The first kappa shape index (κ1) is 29.5. The molecule has 0 spiro atoms. The fourth-order valence-electron chi connectivity index (χ4n) is 5.09. The van der Waals surface area contributed by atoms with E-state index in [0.29, 0.717) is 42.2 Å². The Kier molecular flexibility index (Phi) is 8.66. The Balaban J connectivity index is 1.37. The Morgan fingerprint density at radius 3 is 2.37 bits per heavy atom. The molecular formula is C25H28Cl2N6O7S. The van der Waals surface area contributed by atoms with Crippen molar-refractivity contribution < 1.29 is 32.2 Å². The number of fused-ring (bicyclic) bond motifs is 1. The molecule has 0 bridgehead atoms. The van der Waals surface area contributed by atoms with Gasteiger partial charge in [0.25, 0.3) is 0 Å². The molecule has 0 saturated carbocycles. The molecule has 5 rings (SSSR count). The molecule has 2 aliphatic heterocycles.